The van der Waals surface area contributed by atoms with Crippen LogP contribution in [0.3, 0.4) is 0 Å². The summed E-state index contributed by atoms with van der Waals surface area (Å²) < 4.78 is 6.95. The second kappa shape index (κ2) is 7.73. The molecule has 1 aliphatic heterocycles. The topological polar surface area (TPSA) is 102 Å². The van der Waals surface area contributed by atoms with Crippen LogP contribution >= 0.6 is 0 Å². The number of pyridine rings is 1. The van der Waals surface area contributed by atoms with Crippen LogP contribution in [0.1, 0.15) is 39.2 Å². The molecule has 144 valence electrons. The molecule has 27 heavy (non-hydrogen) atoms. The summed E-state index contributed by atoms with van der Waals surface area (Å²) in [4.78, 5) is 34.5. The number of hydrogen-bond donors (Lipinski definition) is 1. The van der Waals surface area contributed by atoms with Crippen LogP contribution in [0.5, 0.6) is 0 Å². The first-order valence-corrected chi connectivity index (χ1v) is 8.91. The molecule has 0 radical (unpaired) electrons. The van der Waals surface area contributed by atoms with Crippen LogP contribution in [0.15, 0.2) is 31.0 Å². The molecule has 1 aliphatic rings. The quantitative estimate of drug-likeness (QED) is 0.876. The standard InChI is InChI=1S/C18H24N6O3/c1-18(2,3)27-17(26)23-8-4-5-14(23)16(25)21-10-13-6-7-15(20-9-13)24-12-19-11-22-24/h6-7,9,11-12,14H,4-5,8,10H2,1-3H3,(H,21,25)/t14-/m0/s1. The Bertz CT molecular complexity index is 782. The van der Waals surface area contributed by atoms with Gasteiger partial charge in [0.2, 0.25) is 5.91 Å². The van der Waals surface area contributed by atoms with Gasteiger partial charge in [0, 0.05) is 19.3 Å². The highest BCUT2D eigenvalue weighted by atomic mass is 16.6. The fourth-order valence-electron chi connectivity index (χ4n) is 2.87. The highest BCUT2D eigenvalue weighted by Crippen LogP contribution is 2.21. The molecule has 0 aromatic carbocycles. The minimum atomic E-state index is -0.585. The number of rotatable bonds is 4. The van der Waals surface area contributed by atoms with Gasteiger partial charge in [-0.3, -0.25) is 9.69 Å². The fraction of sp³-hybridized carbons (Fsp3) is 0.500. The molecule has 1 N–H and O–H groups in total. The van der Waals surface area contributed by atoms with E-state index < -0.39 is 17.7 Å². The van der Waals surface area contributed by atoms with Gasteiger partial charge in [0.15, 0.2) is 5.82 Å². The van der Waals surface area contributed by atoms with Crippen molar-refractivity contribution in [1.82, 2.24) is 30.0 Å². The van der Waals surface area contributed by atoms with Crippen LogP contribution in [-0.2, 0) is 16.1 Å². The molecule has 3 rings (SSSR count). The van der Waals surface area contributed by atoms with Crippen LogP contribution < -0.4 is 5.32 Å². The number of aromatic nitrogens is 4. The van der Waals surface area contributed by atoms with Gasteiger partial charge in [-0.25, -0.2) is 19.4 Å². The Hall–Kier alpha value is -2.97. The first kappa shape index (κ1) is 18.8. The van der Waals surface area contributed by atoms with Crippen LogP contribution in [0.25, 0.3) is 5.82 Å². The van der Waals surface area contributed by atoms with Crippen molar-refractivity contribution >= 4 is 12.0 Å². The van der Waals surface area contributed by atoms with E-state index in [-0.39, 0.29) is 5.91 Å². The number of nitrogens with zero attached hydrogens (tertiary/aromatic N) is 5. The summed E-state index contributed by atoms with van der Waals surface area (Å²) in [6, 6.07) is 3.17. The maximum atomic E-state index is 12.5. The number of hydrogen-bond acceptors (Lipinski definition) is 6. The van der Waals surface area contributed by atoms with E-state index in [9.17, 15) is 9.59 Å². The molecule has 0 bridgehead atoms. The SMILES string of the molecule is CC(C)(C)OC(=O)N1CCC[C@H]1C(=O)NCc1ccc(-n2cncn2)nc1. The summed E-state index contributed by atoms with van der Waals surface area (Å²) in [6.07, 6.45) is 5.65. The highest BCUT2D eigenvalue weighted by molar-refractivity contribution is 5.86. The van der Waals surface area contributed by atoms with Gasteiger partial charge in [-0.1, -0.05) is 6.07 Å². The van der Waals surface area contributed by atoms with Crippen LogP contribution in [0, 0.1) is 0 Å². The maximum absolute atomic E-state index is 12.5. The molecular formula is C18H24N6O3. The van der Waals surface area contributed by atoms with Gasteiger partial charge >= 0.3 is 6.09 Å². The van der Waals surface area contributed by atoms with Gasteiger partial charge in [-0.2, -0.15) is 5.10 Å². The lowest BCUT2D eigenvalue weighted by Gasteiger charge is -2.28. The minimum absolute atomic E-state index is 0.182. The Balaban J connectivity index is 1.56. The van der Waals surface area contributed by atoms with Gasteiger partial charge < -0.3 is 10.1 Å². The van der Waals surface area contributed by atoms with Gasteiger partial charge in [-0.15, -0.1) is 0 Å². The van der Waals surface area contributed by atoms with Crippen LogP contribution in [-0.4, -0.2) is 54.8 Å². The van der Waals surface area contributed by atoms with E-state index in [1.165, 1.54) is 11.2 Å². The van der Waals surface area contributed by atoms with Crippen LogP contribution in [0.4, 0.5) is 4.79 Å². The van der Waals surface area contributed by atoms with E-state index >= 15 is 0 Å². The third-order valence-corrected chi connectivity index (χ3v) is 4.11. The van der Waals surface area contributed by atoms with E-state index in [4.69, 9.17) is 4.74 Å². The van der Waals surface area contributed by atoms with Crippen molar-refractivity contribution in [2.45, 2.75) is 51.8 Å². The van der Waals surface area contributed by atoms with Crippen molar-refractivity contribution in [2.75, 3.05) is 6.54 Å². The van der Waals surface area contributed by atoms with Gasteiger partial charge in [0.25, 0.3) is 0 Å². The van der Waals surface area contributed by atoms with Crippen molar-refractivity contribution in [2.24, 2.45) is 0 Å². The van der Waals surface area contributed by atoms with E-state index in [0.29, 0.717) is 25.3 Å². The van der Waals surface area contributed by atoms with Gasteiger partial charge in [-0.05, 0) is 45.2 Å². The van der Waals surface area contributed by atoms with E-state index in [0.717, 1.165) is 12.0 Å². The number of likely N-dealkylation sites (tertiary alicyclic amines) is 1. The zero-order valence-electron chi connectivity index (χ0n) is 15.8. The average Bonchev–Trinajstić information content (AvgIpc) is 3.30. The zero-order valence-corrected chi connectivity index (χ0v) is 15.8. The minimum Gasteiger partial charge on any atom is -0.444 e. The predicted molar refractivity (Wildman–Crippen MR) is 97.0 cm³/mol. The number of amides is 2. The summed E-state index contributed by atoms with van der Waals surface area (Å²) >= 11 is 0. The first-order chi connectivity index (χ1) is 12.8. The Labute approximate surface area is 157 Å². The van der Waals surface area contributed by atoms with Gasteiger partial charge in [0.05, 0.1) is 0 Å². The molecule has 0 aliphatic carbocycles. The normalized spacial score (nSPS) is 17.0. The summed E-state index contributed by atoms with van der Waals surface area (Å²) in [5, 5.41) is 6.90. The van der Waals surface area contributed by atoms with Crippen molar-refractivity contribution < 1.29 is 14.3 Å². The number of carbonyl (C=O) groups is 2. The Morgan fingerprint density at radius 1 is 1.33 bits per heavy atom. The molecule has 1 saturated heterocycles. The number of nitrogens with one attached hydrogen (secondary N) is 1. The lowest BCUT2D eigenvalue weighted by molar-refractivity contribution is -0.125. The Morgan fingerprint density at radius 2 is 2.15 bits per heavy atom. The molecule has 2 aromatic rings. The second-order valence-corrected chi connectivity index (χ2v) is 7.41. The second-order valence-electron chi connectivity index (χ2n) is 7.41. The maximum Gasteiger partial charge on any atom is 0.410 e. The molecular weight excluding hydrogens is 348 g/mol. The van der Waals surface area contributed by atoms with Crippen molar-refractivity contribution in [1.29, 1.82) is 0 Å². The molecule has 0 unspecified atom stereocenters. The first-order valence-electron chi connectivity index (χ1n) is 8.91. The third kappa shape index (κ3) is 4.81. The predicted octanol–water partition coefficient (Wildman–Crippen LogP) is 1.68. The third-order valence-electron chi connectivity index (χ3n) is 4.11. The average molecular weight is 372 g/mol. The number of carbonyl (C=O) groups excluding carboxylic acids is 2. The summed E-state index contributed by atoms with van der Waals surface area (Å²) in [6.45, 7) is 6.30. The number of ether oxygens (including phenoxy) is 1. The molecule has 2 aromatic heterocycles. The molecule has 2 amide bonds. The van der Waals surface area contributed by atoms with Gasteiger partial charge in [0.1, 0.15) is 24.3 Å². The van der Waals surface area contributed by atoms with E-state index in [2.05, 4.69) is 20.4 Å². The van der Waals surface area contributed by atoms with Crippen molar-refractivity contribution in [3.8, 4) is 5.82 Å². The molecule has 3 heterocycles. The molecule has 1 fully saturated rings. The highest BCUT2D eigenvalue weighted by Gasteiger charge is 2.36. The van der Waals surface area contributed by atoms with E-state index in [1.807, 2.05) is 26.8 Å². The zero-order chi connectivity index (χ0) is 19.4. The molecule has 1 atom stereocenters. The molecule has 9 nitrogen and oxygen atoms in total. The fourth-order valence-corrected chi connectivity index (χ4v) is 2.87. The molecule has 0 spiro atoms. The smallest absolute Gasteiger partial charge is 0.410 e. The summed E-state index contributed by atoms with van der Waals surface area (Å²) in [7, 11) is 0. The Kier molecular flexibility index (Phi) is 5.38. The van der Waals surface area contributed by atoms with E-state index in [1.54, 1.807) is 23.3 Å². The van der Waals surface area contributed by atoms with Crippen molar-refractivity contribution in [3.05, 3.63) is 36.5 Å². The van der Waals surface area contributed by atoms with Crippen LogP contribution in [0.2, 0.25) is 0 Å². The Morgan fingerprint density at radius 3 is 2.78 bits per heavy atom. The lowest BCUT2D eigenvalue weighted by Crippen LogP contribution is -2.47. The summed E-state index contributed by atoms with van der Waals surface area (Å²) in [5.41, 5.74) is 0.270. The lowest BCUT2D eigenvalue weighted by atomic mass is 10.2. The summed E-state index contributed by atoms with van der Waals surface area (Å²) in [5.74, 6) is 0.466. The monoisotopic (exact) mass is 372 g/mol. The molecule has 9 heteroatoms. The largest absolute Gasteiger partial charge is 0.444 e. The van der Waals surface area contributed by atoms with Crippen molar-refractivity contribution in [3.63, 3.8) is 0 Å². The molecule has 0 saturated carbocycles.